The summed E-state index contributed by atoms with van der Waals surface area (Å²) in [6, 6.07) is 1.97. The maximum absolute atomic E-state index is 10.00. The molecule has 0 aromatic heterocycles. The Balaban J connectivity index is 2.90. The lowest BCUT2D eigenvalue weighted by Gasteiger charge is -2.05. The van der Waals surface area contributed by atoms with Crippen LogP contribution in [0.2, 0.25) is 5.82 Å². The molecule has 3 heteroatoms. The van der Waals surface area contributed by atoms with Gasteiger partial charge in [0.25, 0.3) is 0 Å². The van der Waals surface area contributed by atoms with E-state index in [0.717, 1.165) is 21.6 Å². The summed E-state index contributed by atoms with van der Waals surface area (Å²) in [5, 5.41) is 11.7. The van der Waals surface area contributed by atoms with Gasteiger partial charge in [-0.25, -0.2) is 0 Å². The minimum Gasteiger partial charge on any atom is -0.505 e. The zero-order valence-corrected chi connectivity index (χ0v) is 9.49. The highest BCUT2D eigenvalue weighted by atomic mass is 16.3. The zero-order chi connectivity index (χ0) is 11.9. The van der Waals surface area contributed by atoms with Gasteiger partial charge in [0, 0.05) is 5.22 Å². The number of nitrogen functional groups attached to an aromatic ring is 1. The van der Waals surface area contributed by atoms with E-state index in [0.29, 0.717) is 5.69 Å². The highest BCUT2D eigenvalue weighted by molar-refractivity contribution is 6.17. The van der Waals surface area contributed by atoms with Crippen molar-refractivity contribution < 1.29 is 5.11 Å². The molecule has 1 aromatic rings. The Morgan fingerprint density at radius 1 is 1.31 bits per heavy atom. The standard InChI is InChI=1S/C13H14BNO/c1-7-3-9-5-8(2)12(15)13(16)11(9)6-10(14)4-7/h3-6,10,16H,15H2,1-2H3/t10-/m0/s1. The summed E-state index contributed by atoms with van der Waals surface area (Å²) in [7, 11) is 5.89. The topological polar surface area (TPSA) is 46.2 Å². The second kappa shape index (κ2) is 3.74. The molecule has 0 saturated carbocycles. The molecular weight excluding hydrogens is 197 g/mol. The smallest absolute Gasteiger partial charge is 0.146 e. The molecule has 2 nitrogen and oxygen atoms in total. The molecule has 3 N–H and O–H groups in total. The molecule has 0 amide bonds. The molecular formula is C13H14BNO. The molecule has 16 heavy (non-hydrogen) atoms. The number of hydrogen-bond donors (Lipinski definition) is 2. The number of nitrogens with two attached hydrogens (primary N) is 1. The Morgan fingerprint density at radius 2 is 2.00 bits per heavy atom. The van der Waals surface area contributed by atoms with Crippen LogP contribution in [0, 0.1) is 6.92 Å². The molecule has 0 unspecified atom stereocenters. The average molecular weight is 211 g/mol. The van der Waals surface area contributed by atoms with E-state index in [9.17, 15) is 5.11 Å². The molecule has 0 heterocycles. The first-order chi connectivity index (χ1) is 7.49. The highest BCUT2D eigenvalue weighted by Gasteiger charge is 2.07. The van der Waals surface area contributed by atoms with Crippen LogP contribution < -0.4 is 16.2 Å². The Hall–Kier alpha value is -1.64. The van der Waals surface area contributed by atoms with Gasteiger partial charge in [0.05, 0.1) is 13.5 Å². The van der Waals surface area contributed by atoms with Crippen molar-refractivity contribution >= 4 is 25.7 Å². The molecule has 1 atom stereocenters. The van der Waals surface area contributed by atoms with E-state index in [2.05, 4.69) is 0 Å². The van der Waals surface area contributed by atoms with E-state index >= 15 is 0 Å². The number of aromatic hydroxyl groups is 1. The van der Waals surface area contributed by atoms with Gasteiger partial charge in [0.15, 0.2) is 0 Å². The molecule has 1 aliphatic carbocycles. The van der Waals surface area contributed by atoms with Crippen molar-refractivity contribution in [2.75, 3.05) is 5.73 Å². The Kier molecular flexibility index (Phi) is 2.54. The molecule has 0 aliphatic heterocycles. The van der Waals surface area contributed by atoms with Crippen LogP contribution in [0.15, 0.2) is 17.7 Å². The number of allylic oxidation sites excluding steroid dienone is 2. The number of hydrogen-bond acceptors (Lipinski definition) is 2. The summed E-state index contributed by atoms with van der Waals surface area (Å²) in [4.78, 5) is 0. The predicted molar refractivity (Wildman–Crippen MR) is 68.7 cm³/mol. The second-order valence-corrected chi connectivity index (χ2v) is 4.26. The van der Waals surface area contributed by atoms with Crippen LogP contribution in [0.3, 0.4) is 0 Å². The molecule has 1 aliphatic rings. The molecule has 2 rings (SSSR count). The van der Waals surface area contributed by atoms with E-state index in [1.807, 2.05) is 38.1 Å². The number of benzene rings is 1. The van der Waals surface area contributed by atoms with Crippen LogP contribution in [-0.4, -0.2) is 13.0 Å². The van der Waals surface area contributed by atoms with E-state index in [1.54, 1.807) is 0 Å². The van der Waals surface area contributed by atoms with Gasteiger partial charge in [-0.2, -0.15) is 0 Å². The Bertz CT molecular complexity index is 587. The van der Waals surface area contributed by atoms with Crippen LogP contribution in [0.4, 0.5) is 5.69 Å². The van der Waals surface area contributed by atoms with Gasteiger partial charge in [-0.15, -0.1) is 0 Å². The summed E-state index contributed by atoms with van der Waals surface area (Å²) < 4.78 is 0. The van der Waals surface area contributed by atoms with Crippen molar-refractivity contribution in [3.05, 3.63) is 33.7 Å². The number of phenolic OH excluding ortho intramolecular Hbond substituents is 1. The Morgan fingerprint density at radius 3 is 2.69 bits per heavy atom. The lowest BCUT2D eigenvalue weighted by atomic mass is 9.85. The van der Waals surface area contributed by atoms with Crippen molar-refractivity contribution in [3.8, 4) is 5.75 Å². The van der Waals surface area contributed by atoms with Gasteiger partial charge in [-0.1, -0.05) is 23.8 Å². The molecule has 0 spiro atoms. The quantitative estimate of drug-likeness (QED) is 0.378. The highest BCUT2D eigenvalue weighted by Crippen LogP contribution is 2.19. The number of phenols is 1. The van der Waals surface area contributed by atoms with E-state index in [-0.39, 0.29) is 11.6 Å². The molecule has 1 aromatic carbocycles. The van der Waals surface area contributed by atoms with Gasteiger partial charge < -0.3 is 10.8 Å². The van der Waals surface area contributed by atoms with E-state index < -0.39 is 0 Å². The number of aryl methyl sites for hydroxylation is 1. The third kappa shape index (κ3) is 1.73. The molecule has 0 fully saturated rings. The van der Waals surface area contributed by atoms with Crippen LogP contribution in [0.5, 0.6) is 5.75 Å². The first kappa shape index (κ1) is 10.9. The fraction of sp³-hybridized carbons (Fsp3) is 0.231. The van der Waals surface area contributed by atoms with Gasteiger partial charge in [-0.3, -0.25) is 0 Å². The SMILES string of the molecule is [B][C@H]1C=C(C)C=c2cc(C)c(N)c(O)c2=C1. The number of fused-ring (bicyclic) bond motifs is 1. The maximum Gasteiger partial charge on any atom is 0.146 e. The molecule has 2 radical (unpaired) electrons. The Labute approximate surface area is 96.2 Å². The van der Waals surface area contributed by atoms with Gasteiger partial charge in [0.1, 0.15) is 5.75 Å². The van der Waals surface area contributed by atoms with Crippen molar-refractivity contribution in [3.63, 3.8) is 0 Å². The van der Waals surface area contributed by atoms with Gasteiger partial charge in [0.2, 0.25) is 0 Å². The normalized spacial score (nSPS) is 18.9. The van der Waals surface area contributed by atoms with Crippen LogP contribution in [0.1, 0.15) is 12.5 Å². The zero-order valence-electron chi connectivity index (χ0n) is 9.49. The molecule has 0 bridgehead atoms. The largest absolute Gasteiger partial charge is 0.505 e. The molecule has 80 valence electrons. The maximum atomic E-state index is 10.00. The summed E-state index contributed by atoms with van der Waals surface area (Å²) in [5.41, 5.74) is 8.19. The number of anilines is 1. The lowest BCUT2D eigenvalue weighted by Crippen LogP contribution is -2.26. The first-order valence-corrected chi connectivity index (χ1v) is 5.24. The minimum absolute atomic E-state index is 0.129. The third-order valence-corrected chi connectivity index (χ3v) is 2.82. The van der Waals surface area contributed by atoms with Crippen molar-refractivity contribution in [2.24, 2.45) is 0 Å². The van der Waals surface area contributed by atoms with E-state index in [4.69, 9.17) is 13.6 Å². The summed E-state index contributed by atoms with van der Waals surface area (Å²) in [6.45, 7) is 3.87. The predicted octanol–water partition coefficient (Wildman–Crippen LogP) is 0.761. The first-order valence-electron chi connectivity index (χ1n) is 5.24. The van der Waals surface area contributed by atoms with Gasteiger partial charge >= 0.3 is 0 Å². The van der Waals surface area contributed by atoms with Crippen LogP contribution >= 0.6 is 0 Å². The van der Waals surface area contributed by atoms with Gasteiger partial charge in [-0.05, 0) is 36.5 Å². The van der Waals surface area contributed by atoms with Crippen molar-refractivity contribution in [1.29, 1.82) is 0 Å². The van der Waals surface area contributed by atoms with Crippen LogP contribution in [0.25, 0.3) is 12.2 Å². The lowest BCUT2D eigenvalue weighted by molar-refractivity contribution is 0.472. The second-order valence-electron chi connectivity index (χ2n) is 4.26. The summed E-state index contributed by atoms with van der Waals surface area (Å²) in [6.07, 6.45) is 5.78. The van der Waals surface area contributed by atoms with Crippen molar-refractivity contribution in [1.82, 2.24) is 0 Å². The molecule has 0 saturated heterocycles. The number of rotatable bonds is 0. The summed E-state index contributed by atoms with van der Waals surface area (Å²) >= 11 is 0. The monoisotopic (exact) mass is 211 g/mol. The average Bonchev–Trinajstić information content (AvgIpc) is 2.33. The van der Waals surface area contributed by atoms with Crippen LogP contribution in [-0.2, 0) is 0 Å². The third-order valence-electron chi connectivity index (χ3n) is 2.82. The van der Waals surface area contributed by atoms with Crippen molar-refractivity contribution in [2.45, 2.75) is 19.7 Å². The fourth-order valence-electron chi connectivity index (χ4n) is 1.99. The fourth-order valence-corrected chi connectivity index (χ4v) is 1.99. The van der Waals surface area contributed by atoms with E-state index in [1.165, 1.54) is 0 Å². The summed E-state index contributed by atoms with van der Waals surface area (Å²) in [5.74, 6) is -0.0599. The minimum atomic E-state index is -0.189.